The quantitative estimate of drug-likeness (QED) is 0.230. The van der Waals surface area contributed by atoms with Crippen molar-refractivity contribution in [1.29, 1.82) is 0 Å². The number of urea groups is 1. The zero-order valence-electron chi connectivity index (χ0n) is 21.4. The minimum absolute atomic E-state index is 0.0220. The van der Waals surface area contributed by atoms with Gasteiger partial charge in [0.25, 0.3) is 0 Å². The van der Waals surface area contributed by atoms with Crippen LogP contribution in [0, 0.1) is 6.92 Å². The number of rotatable bonds is 8. The fraction of sp³-hybridized carbons (Fsp3) is 0.222. The Labute approximate surface area is 225 Å². The van der Waals surface area contributed by atoms with E-state index in [0.29, 0.717) is 12.1 Å². The molecule has 3 aromatic rings. The maximum absolute atomic E-state index is 12.8. The number of carboxylic acid groups (broad SMARTS) is 1. The molecule has 10 nitrogen and oxygen atoms in total. The molecular formula is C27H28ClN5O5. The lowest BCUT2D eigenvalue weighted by atomic mass is 10.1. The number of benzene rings is 2. The fourth-order valence-corrected chi connectivity index (χ4v) is 3.29. The highest BCUT2D eigenvalue weighted by Gasteiger charge is 2.19. The highest BCUT2D eigenvalue weighted by molar-refractivity contribution is 6.32. The van der Waals surface area contributed by atoms with Gasteiger partial charge in [0.2, 0.25) is 18.2 Å². The monoisotopic (exact) mass is 537 g/mol. The fourth-order valence-electron chi connectivity index (χ4n) is 3.08. The van der Waals surface area contributed by atoms with Gasteiger partial charge in [-0.05, 0) is 50.6 Å². The van der Waals surface area contributed by atoms with Crippen molar-refractivity contribution in [1.82, 2.24) is 20.1 Å². The summed E-state index contributed by atoms with van der Waals surface area (Å²) in [6, 6.07) is 14.6. The highest BCUT2D eigenvalue weighted by Crippen LogP contribution is 2.32. The molecule has 38 heavy (non-hydrogen) atoms. The van der Waals surface area contributed by atoms with Gasteiger partial charge in [0.15, 0.2) is 0 Å². The lowest BCUT2D eigenvalue weighted by Crippen LogP contribution is -2.49. The van der Waals surface area contributed by atoms with Crippen LogP contribution >= 0.6 is 11.6 Å². The van der Waals surface area contributed by atoms with Gasteiger partial charge in [-0.15, -0.1) is 0 Å². The topological polar surface area (TPSA) is 124 Å². The predicted octanol–water partition coefficient (Wildman–Crippen LogP) is 5.23. The van der Waals surface area contributed by atoms with E-state index in [4.69, 9.17) is 21.4 Å². The number of aromatic nitrogens is 1. The molecule has 0 fully saturated rings. The van der Waals surface area contributed by atoms with Crippen molar-refractivity contribution in [3.05, 3.63) is 82.5 Å². The Hall–Kier alpha value is -4.44. The largest absolute Gasteiger partial charge is 0.478 e. The van der Waals surface area contributed by atoms with Gasteiger partial charge >= 0.3 is 12.0 Å². The van der Waals surface area contributed by atoms with E-state index in [2.05, 4.69) is 15.3 Å². The standard InChI is InChI=1S/C27H28ClN5O5/c1-17(2)32(4)27(37)31-26(33(16-34)15-19-7-5-18(3)6-8-19)30-21-10-11-23(22(28)13-21)38-24-12-9-20(14-29-24)25(35)36/h5-14,16-17H,15H2,1-4H3,(H,35,36)(H,30,31,37). The molecule has 0 aliphatic carbocycles. The molecule has 0 aliphatic heterocycles. The molecule has 198 valence electrons. The van der Waals surface area contributed by atoms with Crippen LogP contribution in [0.2, 0.25) is 5.02 Å². The van der Waals surface area contributed by atoms with E-state index in [1.54, 1.807) is 19.2 Å². The Morgan fingerprint density at radius 1 is 1.16 bits per heavy atom. The van der Waals surface area contributed by atoms with Crippen LogP contribution in [-0.4, -0.2) is 57.3 Å². The van der Waals surface area contributed by atoms with Crippen LogP contribution in [0.3, 0.4) is 0 Å². The summed E-state index contributed by atoms with van der Waals surface area (Å²) in [5.41, 5.74) is 2.31. The number of carboxylic acids is 1. The van der Waals surface area contributed by atoms with E-state index in [9.17, 15) is 14.4 Å². The normalized spacial score (nSPS) is 11.2. The van der Waals surface area contributed by atoms with Gasteiger partial charge in [-0.25, -0.2) is 19.6 Å². The lowest BCUT2D eigenvalue weighted by molar-refractivity contribution is -0.115. The number of aromatic carboxylic acids is 1. The second-order valence-electron chi connectivity index (χ2n) is 8.70. The zero-order chi connectivity index (χ0) is 27.8. The third kappa shape index (κ3) is 7.53. The molecule has 0 atom stereocenters. The molecule has 3 amide bonds. The predicted molar refractivity (Wildman–Crippen MR) is 144 cm³/mol. The second kappa shape index (κ2) is 12.7. The van der Waals surface area contributed by atoms with Gasteiger partial charge < -0.3 is 14.7 Å². The van der Waals surface area contributed by atoms with Crippen LogP contribution in [-0.2, 0) is 11.3 Å². The number of nitrogens with zero attached hydrogens (tertiary/aromatic N) is 4. The summed E-state index contributed by atoms with van der Waals surface area (Å²) in [6.07, 6.45) is 1.77. The summed E-state index contributed by atoms with van der Waals surface area (Å²) in [5.74, 6) is -0.659. The third-order valence-corrected chi connectivity index (χ3v) is 5.83. The second-order valence-corrected chi connectivity index (χ2v) is 9.10. The first kappa shape index (κ1) is 28.1. The first-order chi connectivity index (χ1) is 18.1. The number of halogens is 1. The SMILES string of the molecule is Cc1ccc(CN(C=O)C(=Nc2ccc(Oc3ccc(C(=O)O)cn3)c(Cl)c2)NC(=O)N(C)C(C)C)cc1. The molecule has 0 saturated carbocycles. The van der Waals surface area contributed by atoms with E-state index < -0.39 is 12.0 Å². The number of carbonyl (C=O) groups is 3. The number of carbonyl (C=O) groups excluding carboxylic acids is 2. The molecule has 0 radical (unpaired) electrons. The molecule has 1 aromatic heterocycles. The summed E-state index contributed by atoms with van der Waals surface area (Å²) in [7, 11) is 1.64. The number of hydrogen-bond donors (Lipinski definition) is 2. The van der Waals surface area contributed by atoms with E-state index in [0.717, 1.165) is 11.1 Å². The van der Waals surface area contributed by atoms with Crippen molar-refractivity contribution in [3.63, 3.8) is 0 Å². The number of ether oxygens (including phenoxy) is 1. The Balaban J connectivity index is 1.89. The minimum Gasteiger partial charge on any atom is -0.478 e. The number of nitrogens with one attached hydrogen (secondary N) is 1. The van der Waals surface area contributed by atoms with E-state index in [-0.39, 0.29) is 40.8 Å². The maximum Gasteiger partial charge on any atom is 0.337 e. The van der Waals surface area contributed by atoms with Crippen molar-refractivity contribution in [2.24, 2.45) is 4.99 Å². The molecule has 0 unspecified atom stereocenters. The average Bonchev–Trinajstić information content (AvgIpc) is 2.89. The van der Waals surface area contributed by atoms with Gasteiger partial charge in [-0.1, -0.05) is 41.4 Å². The summed E-state index contributed by atoms with van der Waals surface area (Å²) in [6.45, 7) is 5.88. The Kier molecular flexibility index (Phi) is 9.39. The van der Waals surface area contributed by atoms with Gasteiger partial charge in [-0.2, -0.15) is 0 Å². The van der Waals surface area contributed by atoms with Crippen molar-refractivity contribution in [3.8, 4) is 11.6 Å². The zero-order valence-corrected chi connectivity index (χ0v) is 22.1. The minimum atomic E-state index is -1.10. The van der Waals surface area contributed by atoms with Crippen LogP contribution in [0.4, 0.5) is 10.5 Å². The van der Waals surface area contributed by atoms with Crippen LogP contribution in [0.5, 0.6) is 11.6 Å². The summed E-state index contributed by atoms with van der Waals surface area (Å²) < 4.78 is 5.66. The Bertz CT molecular complexity index is 1330. The molecule has 0 aliphatic rings. The van der Waals surface area contributed by atoms with Gasteiger partial charge in [0, 0.05) is 25.4 Å². The van der Waals surface area contributed by atoms with Gasteiger partial charge in [0.1, 0.15) is 5.75 Å². The first-order valence-electron chi connectivity index (χ1n) is 11.6. The molecule has 3 rings (SSSR count). The van der Waals surface area contributed by atoms with Crippen molar-refractivity contribution in [2.75, 3.05) is 7.05 Å². The number of aliphatic imine (C=N–C) groups is 1. The van der Waals surface area contributed by atoms with Crippen molar-refractivity contribution in [2.45, 2.75) is 33.4 Å². The van der Waals surface area contributed by atoms with E-state index in [1.165, 1.54) is 34.2 Å². The van der Waals surface area contributed by atoms with Crippen LogP contribution in [0.15, 0.2) is 65.8 Å². The molecule has 2 N–H and O–H groups in total. The number of amides is 3. The number of aryl methyl sites for hydroxylation is 1. The average molecular weight is 538 g/mol. The number of guanidine groups is 1. The Morgan fingerprint density at radius 2 is 1.87 bits per heavy atom. The Morgan fingerprint density at radius 3 is 2.42 bits per heavy atom. The summed E-state index contributed by atoms with van der Waals surface area (Å²) in [4.78, 5) is 47.1. The molecule has 11 heteroatoms. The highest BCUT2D eigenvalue weighted by atomic mass is 35.5. The van der Waals surface area contributed by atoms with E-state index >= 15 is 0 Å². The van der Waals surface area contributed by atoms with Crippen LogP contribution in [0.1, 0.15) is 35.3 Å². The molecule has 0 spiro atoms. The smallest absolute Gasteiger partial charge is 0.337 e. The van der Waals surface area contributed by atoms with Crippen LogP contribution in [0.25, 0.3) is 0 Å². The van der Waals surface area contributed by atoms with Crippen molar-refractivity contribution >= 4 is 41.7 Å². The molecular weight excluding hydrogens is 510 g/mol. The van der Waals surface area contributed by atoms with Crippen molar-refractivity contribution < 1.29 is 24.2 Å². The number of pyridine rings is 1. The first-order valence-corrected chi connectivity index (χ1v) is 12.0. The molecule has 1 heterocycles. The molecule has 2 aromatic carbocycles. The van der Waals surface area contributed by atoms with Gasteiger partial charge in [0.05, 0.1) is 22.8 Å². The number of hydrogen-bond acceptors (Lipinski definition) is 6. The van der Waals surface area contributed by atoms with Crippen LogP contribution < -0.4 is 10.1 Å². The third-order valence-electron chi connectivity index (χ3n) is 5.53. The van der Waals surface area contributed by atoms with Gasteiger partial charge in [-0.3, -0.25) is 15.0 Å². The molecule has 0 saturated heterocycles. The lowest BCUT2D eigenvalue weighted by Gasteiger charge is -2.25. The summed E-state index contributed by atoms with van der Waals surface area (Å²) in [5, 5.41) is 11.9. The molecule has 0 bridgehead atoms. The van der Waals surface area contributed by atoms with E-state index in [1.807, 2.05) is 45.0 Å². The maximum atomic E-state index is 12.8. The summed E-state index contributed by atoms with van der Waals surface area (Å²) >= 11 is 6.41.